The molecule has 0 N–H and O–H groups in total. The normalized spacial score (nSPS) is 23.1. The maximum atomic E-state index is 8.89. The van der Waals surface area contributed by atoms with Gasteiger partial charge in [-0.3, -0.25) is 0 Å². The van der Waals surface area contributed by atoms with E-state index in [1.165, 1.54) is 16.1 Å². The van der Waals surface area contributed by atoms with Crippen molar-refractivity contribution in [2.45, 2.75) is 42.9 Å². The lowest BCUT2D eigenvalue weighted by atomic mass is 10.1. The molecule has 1 heterocycles. The van der Waals surface area contributed by atoms with Gasteiger partial charge in [-0.2, -0.15) is 5.26 Å². The Hall–Kier alpha value is -1.14. The molecule has 2 atom stereocenters. The number of nitriles is 1. The lowest BCUT2D eigenvalue weighted by Gasteiger charge is -2.39. The number of nitrogens with zero attached hydrogens (tertiary/aromatic N) is 2. The number of anilines is 1. The summed E-state index contributed by atoms with van der Waals surface area (Å²) >= 11 is 1.86. The number of thioether (sulfide) groups is 1. The van der Waals surface area contributed by atoms with E-state index in [0.29, 0.717) is 17.7 Å². The van der Waals surface area contributed by atoms with E-state index in [1.807, 2.05) is 11.8 Å². The van der Waals surface area contributed by atoms with Crippen LogP contribution in [0.1, 0.15) is 25.8 Å². The standard InChI is InChI=1S/C14H18N2S/c1-4-11-6-5-7-13-14(11)16(3)10(2)12(17-13)8-9-15/h5-7,10,12H,4,8H2,1-3H3. The summed E-state index contributed by atoms with van der Waals surface area (Å²) < 4.78 is 0. The second kappa shape index (κ2) is 5.01. The third-order valence-corrected chi connectivity index (χ3v) is 4.98. The molecule has 1 aromatic rings. The molecule has 0 amide bonds. The number of rotatable bonds is 2. The fourth-order valence-electron chi connectivity index (χ4n) is 2.37. The van der Waals surface area contributed by atoms with Gasteiger partial charge >= 0.3 is 0 Å². The van der Waals surface area contributed by atoms with Gasteiger partial charge in [0.2, 0.25) is 0 Å². The number of fused-ring (bicyclic) bond motifs is 1. The zero-order valence-electron chi connectivity index (χ0n) is 10.6. The van der Waals surface area contributed by atoms with Crippen LogP contribution in [0.2, 0.25) is 0 Å². The van der Waals surface area contributed by atoms with Crippen LogP contribution in [-0.2, 0) is 6.42 Å². The van der Waals surface area contributed by atoms with Gasteiger partial charge in [0.1, 0.15) is 0 Å². The Morgan fingerprint density at radius 2 is 2.24 bits per heavy atom. The largest absolute Gasteiger partial charge is 0.370 e. The van der Waals surface area contributed by atoms with Crippen molar-refractivity contribution in [2.24, 2.45) is 0 Å². The molecule has 1 aliphatic rings. The molecule has 90 valence electrons. The summed E-state index contributed by atoms with van der Waals surface area (Å²) in [7, 11) is 2.15. The summed E-state index contributed by atoms with van der Waals surface area (Å²) in [5.41, 5.74) is 2.77. The van der Waals surface area contributed by atoms with Crippen molar-refractivity contribution in [3.63, 3.8) is 0 Å². The summed E-state index contributed by atoms with van der Waals surface area (Å²) in [5.74, 6) is 0. The van der Waals surface area contributed by atoms with Gasteiger partial charge in [0, 0.05) is 29.7 Å². The van der Waals surface area contributed by atoms with Gasteiger partial charge < -0.3 is 4.90 Å². The summed E-state index contributed by atoms with van der Waals surface area (Å²) in [6.45, 7) is 4.41. The average molecular weight is 246 g/mol. The monoisotopic (exact) mass is 246 g/mol. The fourth-order valence-corrected chi connectivity index (χ4v) is 3.77. The van der Waals surface area contributed by atoms with Gasteiger partial charge in [-0.05, 0) is 25.0 Å². The highest BCUT2D eigenvalue weighted by molar-refractivity contribution is 8.00. The maximum Gasteiger partial charge on any atom is 0.0634 e. The second-order valence-electron chi connectivity index (χ2n) is 4.49. The Morgan fingerprint density at radius 3 is 2.88 bits per heavy atom. The van der Waals surface area contributed by atoms with Gasteiger partial charge in [0.25, 0.3) is 0 Å². The molecule has 2 rings (SSSR count). The van der Waals surface area contributed by atoms with Crippen molar-refractivity contribution in [1.82, 2.24) is 0 Å². The predicted molar refractivity (Wildman–Crippen MR) is 73.6 cm³/mol. The predicted octanol–water partition coefficient (Wildman–Crippen LogP) is 3.46. The Balaban J connectivity index is 2.42. The lowest BCUT2D eigenvalue weighted by molar-refractivity contribution is 0.636. The van der Waals surface area contributed by atoms with Crippen LogP contribution in [0.15, 0.2) is 23.1 Å². The quantitative estimate of drug-likeness (QED) is 0.799. The van der Waals surface area contributed by atoms with Crippen LogP contribution in [-0.4, -0.2) is 18.3 Å². The molecule has 0 aromatic heterocycles. The summed E-state index contributed by atoms with van der Waals surface area (Å²) in [6.07, 6.45) is 1.68. The van der Waals surface area contributed by atoms with Crippen molar-refractivity contribution in [3.05, 3.63) is 23.8 Å². The molecule has 0 aliphatic carbocycles. The molecule has 1 aliphatic heterocycles. The van der Waals surface area contributed by atoms with Crippen LogP contribution >= 0.6 is 11.8 Å². The van der Waals surface area contributed by atoms with Crippen LogP contribution < -0.4 is 4.90 Å². The van der Waals surface area contributed by atoms with Crippen LogP contribution in [0.4, 0.5) is 5.69 Å². The fraction of sp³-hybridized carbons (Fsp3) is 0.500. The van der Waals surface area contributed by atoms with Crippen LogP contribution in [0.5, 0.6) is 0 Å². The third kappa shape index (κ3) is 2.14. The van der Waals surface area contributed by atoms with E-state index in [1.54, 1.807) is 0 Å². The highest BCUT2D eigenvalue weighted by Crippen LogP contribution is 2.43. The molecule has 0 radical (unpaired) electrons. The molecular weight excluding hydrogens is 228 g/mol. The van der Waals surface area contributed by atoms with Crippen molar-refractivity contribution in [3.8, 4) is 6.07 Å². The SMILES string of the molecule is CCc1cccc2c1N(C)C(C)C(CC#N)S2. The number of para-hydroxylation sites is 1. The summed E-state index contributed by atoms with van der Waals surface area (Å²) in [4.78, 5) is 3.66. The molecular formula is C14H18N2S. The zero-order chi connectivity index (χ0) is 12.4. The third-order valence-electron chi connectivity index (χ3n) is 3.54. The molecule has 0 spiro atoms. The molecule has 2 unspecified atom stereocenters. The maximum absolute atomic E-state index is 8.89. The first-order valence-electron chi connectivity index (χ1n) is 6.07. The minimum Gasteiger partial charge on any atom is -0.370 e. The Morgan fingerprint density at radius 1 is 1.47 bits per heavy atom. The molecule has 2 nitrogen and oxygen atoms in total. The highest BCUT2D eigenvalue weighted by atomic mass is 32.2. The summed E-state index contributed by atoms with van der Waals surface area (Å²) in [5, 5.41) is 9.27. The van der Waals surface area contributed by atoms with E-state index in [2.05, 4.69) is 50.1 Å². The van der Waals surface area contributed by atoms with Crippen molar-refractivity contribution < 1.29 is 0 Å². The van der Waals surface area contributed by atoms with E-state index in [4.69, 9.17) is 5.26 Å². The van der Waals surface area contributed by atoms with E-state index in [9.17, 15) is 0 Å². The van der Waals surface area contributed by atoms with Crippen molar-refractivity contribution in [1.29, 1.82) is 5.26 Å². The first-order chi connectivity index (χ1) is 8.19. The Labute approximate surface area is 108 Å². The average Bonchev–Trinajstić information content (AvgIpc) is 2.35. The Bertz CT molecular complexity index is 450. The minimum atomic E-state index is 0.379. The van der Waals surface area contributed by atoms with Gasteiger partial charge in [-0.15, -0.1) is 11.8 Å². The number of benzene rings is 1. The first kappa shape index (κ1) is 12.3. The smallest absolute Gasteiger partial charge is 0.0634 e. The minimum absolute atomic E-state index is 0.379. The number of aryl methyl sites for hydroxylation is 1. The van der Waals surface area contributed by atoms with E-state index in [0.717, 1.165) is 6.42 Å². The molecule has 17 heavy (non-hydrogen) atoms. The molecule has 0 saturated carbocycles. The molecule has 0 saturated heterocycles. The molecule has 3 heteroatoms. The zero-order valence-corrected chi connectivity index (χ0v) is 11.4. The number of hydrogen-bond donors (Lipinski definition) is 0. The van der Waals surface area contributed by atoms with E-state index >= 15 is 0 Å². The van der Waals surface area contributed by atoms with Crippen molar-refractivity contribution >= 4 is 17.4 Å². The van der Waals surface area contributed by atoms with E-state index in [-0.39, 0.29) is 0 Å². The van der Waals surface area contributed by atoms with Gasteiger partial charge in [-0.1, -0.05) is 19.1 Å². The second-order valence-corrected chi connectivity index (χ2v) is 5.77. The van der Waals surface area contributed by atoms with Crippen LogP contribution in [0.25, 0.3) is 0 Å². The Kier molecular flexibility index (Phi) is 3.63. The molecule has 0 fully saturated rings. The topological polar surface area (TPSA) is 27.0 Å². The first-order valence-corrected chi connectivity index (χ1v) is 6.95. The van der Waals surface area contributed by atoms with Crippen LogP contribution in [0, 0.1) is 11.3 Å². The molecule has 0 bridgehead atoms. The van der Waals surface area contributed by atoms with E-state index < -0.39 is 0 Å². The van der Waals surface area contributed by atoms with Crippen LogP contribution in [0.3, 0.4) is 0 Å². The highest BCUT2D eigenvalue weighted by Gasteiger charge is 2.30. The van der Waals surface area contributed by atoms with Gasteiger partial charge in [0.05, 0.1) is 11.8 Å². The lowest BCUT2D eigenvalue weighted by Crippen LogP contribution is -2.41. The van der Waals surface area contributed by atoms with Gasteiger partial charge in [-0.25, -0.2) is 0 Å². The number of hydrogen-bond acceptors (Lipinski definition) is 3. The van der Waals surface area contributed by atoms with Gasteiger partial charge in [0.15, 0.2) is 0 Å². The van der Waals surface area contributed by atoms with Crippen molar-refractivity contribution in [2.75, 3.05) is 11.9 Å². The summed E-state index contributed by atoms with van der Waals surface area (Å²) in [6, 6.07) is 9.21. The molecule has 1 aromatic carbocycles.